The lowest BCUT2D eigenvalue weighted by molar-refractivity contribution is -0.662. The van der Waals surface area contributed by atoms with E-state index in [4.69, 9.17) is 5.11 Å². The van der Waals surface area contributed by atoms with Crippen LogP contribution >= 0.6 is 0 Å². The Kier molecular flexibility index (Phi) is 2.47. The van der Waals surface area contributed by atoms with E-state index in [1.165, 1.54) is 19.4 Å². The number of quaternary nitrogens is 1. The predicted octanol–water partition coefficient (Wildman–Crippen LogP) is -0.246. The molecule has 0 aromatic rings. The largest absolute Gasteiger partial charge is 0.391 e. The van der Waals surface area contributed by atoms with E-state index < -0.39 is 0 Å². The number of hydrogen-bond donors (Lipinski definition) is 2. The van der Waals surface area contributed by atoms with E-state index in [1.54, 1.807) is 0 Å². The van der Waals surface area contributed by atoms with E-state index in [-0.39, 0.29) is 0 Å². The summed E-state index contributed by atoms with van der Waals surface area (Å²) in [5, 5.41) is 10.9. The highest BCUT2D eigenvalue weighted by Crippen LogP contribution is 2.42. The lowest BCUT2D eigenvalue weighted by Crippen LogP contribution is -2.86. The molecule has 3 atom stereocenters. The fourth-order valence-electron chi connectivity index (χ4n) is 2.59. The first-order valence-corrected chi connectivity index (χ1v) is 5.01. The van der Waals surface area contributed by atoms with Gasteiger partial charge >= 0.3 is 0 Å². The summed E-state index contributed by atoms with van der Waals surface area (Å²) in [5.74, 6) is 2.65. The molecule has 12 heavy (non-hydrogen) atoms. The van der Waals surface area contributed by atoms with Gasteiger partial charge in [0.25, 0.3) is 0 Å². The highest BCUT2D eigenvalue weighted by Gasteiger charge is 2.36. The van der Waals surface area contributed by atoms with Gasteiger partial charge in [0.1, 0.15) is 0 Å². The van der Waals surface area contributed by atoms with Gasteiger partial charge < -0.3 is 10.4 Å². The van der Waals surface area contributed by atoms with Crippen LogP contribution in [-0.4, -0.2) is 24.8 Å². The normalized spacial score (nSPS) is 37.9. The molecule has 0 amide bonds. The number of nitrogens with two attached hydrogens (primary N) is 1. The molecule has 0 aliphatic heterocycles. The van der Waals surface area contributed by atoms with Gasteiger partial charge in [-0.15, -0.1) is 0 Å². The summed E-state index contributed by atoms with van der Waals surface area (Å²) in [6.07, 6.45) is 7.57. The minimum Gasteiger partial charge on any atom is -0.391 e. The van der Waals surface area contributed by atoms with Crippen LogP contribution in [0, 0.1) is 17.8 Å². The van der Waals surface area contributed by atoms with Crippen LogP contribution in [0.3, 0.4) is 0 Å². The molecule has 0 aromatic carbocycles. The lowest BCUT2D eigenvalue weighted by atomic mass is 9.94. The van der Waals surface area contributed by atoms with Gasteiger partial charge in [0.2, 0.25) is 0 Å². The van der Waals surface area contributed by atoms with E-state index in [0.717, 1.165) is 24.3 Å². The molecule has 68 valence electrons. The molecule has 1 saturated carbocycles. The molecule has 0 unspecified atom stereocenters. The fourth-order valence-corrected chi connectivity index (χ4v) is 2.59. The molecule has 3 N–H and O–H groups in total. The smallest absolute Gasteiger partial charge is 0.0990 e. The molecule has 2 rings (SSSR count). The highest BCUT2D eigenvalue weighted by molar-refractivity contribution is 5.09. The van der Waals surface area contributed by atoms with Crippen LogP contribution in [0.5, 0.6) is 0 Å². The van der Waals surface area contributed by atoms with Gasteiger partial charge in [0.05, 0.1) is 19.7 Å². The zero-order valence-electron chi connectivity index (χ0n) is 7.45. The average Bonchev–Trinajstić information content (AvgIpc) is 2.65. The monoisotopic (exact) mass is 168 g/mol. The van der Waals surface area contributed by atoms with Gasteiger partial charge in [-0.3, -0.25) is 0 Å². The summed E-state index contributed by atoms with van der Waals surface area (Å²) in [6.45, 7) is 2.40. The molecule has 0 aromatic heterocycles. The minimum atomic E-state index is 0.316. The number of aliphatic hydroxyl groups is 1. The SMILES string of the molecule is OCC[NH2+]C[C@H]1C[C@@H]2C=C[C@H]1C2. The maximum absolute atomic E-state index is 8.63. The van der Waals surface area contributed by atoms with Crippen molar-refractivity contribution in [2.75, 3.05) is 19.7 Å². The Balaban J connectivity index is 1.73. The van der Waals surface area contributed by atoms with Gasteiger partial charge in [-0.1, -0.05) is 12.2 Å². The topological polar surface area (TPSA) is 36.8 Å². The van der Waals surface area contributed by atoms with Crippen LogP contribution in [0.2, 0.25) is 0 Å². The molecular formula is C10H18NO+. The molecule has 2 bridgehead atoms. The molecular weight excluding hydrogens is 150 g/mol. The number of hydrogen-bond acceptors (Lipinski definition) is 1. The van der Waals surface area contributed by atoms with Gasteiger partial charge in [-0.05, 0) is 24.7 Å². The molecule has 2 nitrogen and oxygen atoms in total. The van der Waals surface area contributed by atoms with Crippen LogP contribution in [0.15, 0.2) is 12.2 Å². The molecule has 0 radical (unpaired) electrons. The van der Waals surface area contributed by atoms with Crippen LogP contribution < -0.4 is 5.32 Å². The summed E-state index contributed by atoms with van der Waals surface area (Å²) < 4.78 is 0. The Labute approximate surface area is 73.7 Å². The van der Waals surface area contributed by atoms with Crippen molar-refractivity contribution >= 4 is 0 Å². The van der Waals surface area contributed by atoms with Crippen molar-refractivity contribution in [1.82, 2.24) is 0 Å². The number of rotatable bonds is 4. The number of allylic oxidation sites excluding steroid dienone is 2. The maximum atomic E-state index is 8.63. The molecule has 2 aliphatic rings. The lowest BCUT2D eigenvalue weighted by Gasteiger charge is -2.15. The second kappa shape index (κ2) is 3.58. The third-order valence-electron chi connectivity index (χ3n) is 3.22. The Morgan fingerprint density at radius 3 is 2.83 bits per heavy atom. The van der Waals surface area contributed by atoms with Crippen molar-refractivity contribution in [3.05, 3.63) is 12.2 Å². The van der Waals surface area contributed by atoms with Gasteiger partial charge in [-0.2, -0.15) is 0 Å². The first kappa shape index (κ1) is 8.27. The Morgan fingerprint density at radius 1 is 1.33 bits per heavy atom. The van der Waals surface area contributed by atoms with E-state index >= 15 is 0 Å². The van der Waals surface area contributed by atoms with E-state index in [1.807, 2.05) is 0 Å². The van der Waals surface area contributed by atoms with Crippen molar-refractivity contribution in [3.63, 3.8) is 0 Å². The minimum absolute atomic E-state index is 0.316. The Bertz CT molecular complexity index is 179. The zero-order valence-corrected chi connectivity index (χ0v) is 7.45. The Morgan fingerprint density at radius 2 is 2.25 bits per heavy atom. The summed E-state index contributed by atoms with van der Waals surface area (Å²) in [6, 6.07) is 0. The van der Waals surface area contributed by atoms with E-state index in [0.29, 0.717) is 6.61 Å². The summed E-state index contributed by atoms with van der Waals surface area (Å²) in [7, 11) is 0. The average molecular weight is 168 g/mol. The molecule has 0 saturated heterocycles. The van der Waals surface area contributed by atoms with Gasteiger partial charge in [0, 0.05) is 5.92 Å². The molecule has 2 heteroatoms. The fraction of sp³-hybridized carbons (Fsp3) is 0.800. The van der Waals surface area contributed by atoms with Crippen molar-refractivity contribution in [3.8, 4) is 0 Å². The number of fused-ring (bicyclic) bond motifs is 2. The second-order valence-corrected chi connectivity index (χ2v) is 4.08. The quantitative estimate of drug-likeness (QED) is 0.441. The third-order valence-corrected chi connectivity index (χ3v) is 3.22. The first-order valence-electron chi connectivity index (χ1n) is 5.01. The number of aliphatic hydroxyl groups excluding tert-OH is 1. The predicted molar refractivity (Wildman–Crippen MR) is 47.6 cm³/mol. The van der Waals surface area contributed by atoms with Crippen LogP contribution in [0.1, 0.15) is 12.8 Å². The highest BCUT2D eigenvalue weighted by atomic mass is 16.3. The summed E-state index contributed by atoms with van der Waals surface area (Å²) >= 11 is 0. The van der Waals surface area contributed by atoms with Crippen LogP contribution in [0.4, 0.5) is 0 Å². The first-order chi connectivity index (χ1) is 5.90. The van der Waals surface area contributed by atoms with Crippen molar-refractivity contribution in [2.45, 2.75) is 12.8 Å². The molecule has 1 fully saturated rings. The summed E-state index contributed by atoms with van der Waals surface area (Å²) in [4.78, 5) is 0. The molecule has 0 heterocycles. The maximum Gasteiger partial charge on any atom is 0.0990 e. The van der Waals surface area contributed by atoms with Crippen LogP contribution in [-0.2, 0) is 0 Å². The Hall–Kier alpha value is -0.340. The summed E-state index contributed by atoms with van der Waals surface area (Å²) in [5.41, 5.74) is 0. The van der Waals surface area contributed by atoms with Crippen molar-refractivity contribution in [1.29, 1.82) is 0 Å². The standard InChI is InChI=1S/C10H17NO/c12-4-3-11-7-10-6-8-1-2-9(10)5-8/h1-2,8-12H,3-7H2/p+1/t8-,9+,10-/m1/s1. The van der Waals surface area contributed by atoms with Crippen LogP contribution in [0.25, 0.3) is 0 Å². The zero-order chi connectivity index (χ0) is 8.39. The molecule has 0 spiro atoms. The van der Waals surface area contributed by atoms with Gasteiger partial charge in [-0.25, -0.2) is 0 Å². The second-order valence-electron chi connectivity index (χ2n) is 4.08. The van der Waals surface area contributed by atoms with E-state index in [9.17, 15) is 0 Å². The van der Waals surface area contributed by atoms with Crippen molar-refractivity contribution in [2.24, 2.45) is 17.8 Å². The third kappa shape index (κ3) is 1.54. The van der Waals surface area contributed by atoms with E-state index in [2.05, 4.69) is 17.5 Å². The van der Waals surface area contributed by atoms with Gasteiger partial charge in [0.15, 0.2) is 0 Å². The molecule has 2 aliphatic carbocycles. The van der Waals surface area contributed by atoms with Crippen molar-refractivity contribution < 1.29 is 10.4 Å².